The minimum Gasteiger partial charge on any atom is -0.398 e. The van der Waals surface area contributed by atoms with Gasteiger partial charge in [-0.3, -0.25) is 0 Å². The fourth-order valence-electron chi connectivity index (χ4n) is 1.71. The van der Waals surface area contributed by atoms with E-state index >= 15 is 0 Å². The Morgan fingerprint density at radius 2 is 2.10 bits per heavy atom. The van der Waals surface area contributed by atoms with Gasteiger partial charge in [0.1, 0.15) is 0 Å². The standard InChI is InChI=1S/C12H18BrClN2O3S/c1-3-12(2,4-5-17)16-20(18,19)10-7-8(14)6-9(15)11(10)13/h6-7,16-17H,3-5,15H2,1-2H3. The molecule has 0 amide bonds. The van der Waals surface area contributed by atoms with Crippen molar-refractivity contribution in [3.63, 3.8) is 0 Å². The van der Waals surface area contributed by atoms with Crippen LogP contribution in [0.5, 0.6) is 0 Å². The summed E-state index contributed by atoms with van der Waals surface area (Å²) in [7, 11) is -3.80. The molecule has 5 nitrogen and oxygen atoms in total. The van der Waals surface area contributed by atoms with Crippen molar-refractivity contribution in [3.05, 3.63) is 21.6 Å². The summed E-state index contributed by atoms with van der Waals surface area (Å²) < 4.78 is 27.8. The molecule has 4 N–H and O–H groups in total. The van der Waals surface area contributed by atoms with E-state index < -0.39 is 15.6 Å². The molecule has 0 saturated heterocycles. The first-order valence-corrected chi connectivity index (χ1v) is 8.70. The third-order valence-corrected chi connectivity index (χ3v) is 6.17. The van der Waals surface area contributed by atoms with Crippen molar-refractivity contribution in [2.24, 2.45) is 0 Å². The van der Waals surface area contributed by atoms with Crippen LogP contribution >= 0.6 is 27.5 Å². The maximum absolute atomic E-state index is 12.5. The summed E-state index contributed by atoms with van der Waals surface area (Å²) in [6.07, 6.45) is 0.858. The smallest absolute Gasteiger partial charge is 0.242 e. The highest BCUT2D eigenvalue weighted by Gasteiger charge is 2.30. The molecule has 0 saturated carbocycles. The molecule has 0 aromatic heterocycles. The molecule has 1 atom stereocenters. The van der Waals surface area contributed by atoms with Crippen LogP contribution in [0.2, 0.25) is 5.02 Å². The summed E-state index contributed by atoms with van der Waals surface area (Å²) in [6, 6.07) is 2.80. The SMILES string of the molecule is CCC(C)(CCO)NS(=O)(=O)c1cc(Cl)cc(N)c1Br. The highest BCUT2D eigenvalue weighted by molar-refractivity contribution is 9.10. The Morgan fingerprint density at radius 1 is 1.50 bits per heavy atom. The number of nitrogens with one attached hydrogen (secondary N) is 1. The predicted molar refractivity (Wildman–Crippen MR) is 84.3 cm³/mol. The van der Waals surface area contributed by atoms with Crippen molar-refractivity contribution >= 4 is 43.2 Å². The van der Waals surface area contributed by atoms with Gasteiger partial charge in [0, 0.05) is 22.9 Å². The van der Waals surface area contributed by atoms with Crippen LogP contribution in [0.1, 0.15) is 26.7 Å². The average Bonchev–Trinajstić information content (AvgIpc) is 2.33. The molecule has 1 aromatic rings. The quantitative estimate of drug-likeness (QED) is 0.656. The maximum Gasteiger partial charge on any atom is 0.242 e. The Morgan fingerprint density at radius 3 is 2.60 bits per heavy atom. The summed E-state index contributed by atoms with van der Waals surface area (Å²) in [4.78, 5) is -0.0138. The Labute approximate surface area is 132 Å². The Balaban J connectivity index is 3.24. The van der Waals surface area contributed by atoms with Crippen LogP contribution < -0.4 is 10.5 Å². The molecule has 114 valence electrons. The number of benzene rings is 1. The van der Waals surface area contributed by atoms with Crippen molar-refractivity contribution in [2.75, 3.05) is 12.3 Å². The largest absolute Gasteiger partial charge is 0.398 e. The number of halogens is 2. The molecule has 1 unspecified atom stereocenters. The van der Waals surface area contributed by atoms with E-state index in [1.165, 1.54) is 12.1 Å². The van der Waals surface area contributed by atoms with Crippen LogP contribution in [-0.2, 0) is 10.0 Å². The number of sulfonamides is 1. The highest BCUT2D eigenvalue weighted by Crippen LogP contribution is 2.32. The summed E-state index contributed by atoms with van der Waals surface area (Å²) in [5.74, 6) is 0. The zero-order valence-corrected chi connectivity index (χ0v) is 14.4. The van der Waals surface area contributed by atoms with Crippen molar-refractivity contribution in [1.82, 2.24) is 4.72 Å². The Kier molecular flexibility index (Phi) is 5.86. The van der Waals surface area contributed by atoms with Gasteiger partial charge in [-0.25, -0.2) is 13.1 Å². The van der Waals surface area contributed by atoms with E-state index in [9.17, 15) is 8.42 Å². The van der Waals surface area contributed by atoms with E-state index in [4.69, 9.17) is 22.4 Å². The molecular formula is C12H18BrClN2O3S. The highest BCUT2D eigenvalue weighted by atomic mass is 79.9. The van der Waals surface area contributed by atoms with E-state index in [0.29, 0.717) is 12.8 Å². The van der Waals surface area contributed by atoms with Crippen molar-refractivity contribution in [3.8, 4) is 0 Å². The molecule has 20 heavy (non-hydrogen) atoms. The van der Waals surface area contributed by atoms with Crippen LogP contribution in [-0.4, -0.2) is 25.7 Å². The zero-order valence-electron chi connectivity index (χ0n) is 11.3. The molecule has 0 spiro atoms. The molecule has 1 rings (SSSR count). The Bertz CT molecular complexity index is 595. The van der Waals surface area contributed by atoms with Gasteiger partial charge in [0.05, 0.1) is 9.37 Å². The Hall–Kier alpha value is -0.340. The predicted octanol–water partition coefficient (Wildman–Crippen LogP) is 2.51. The fourth-order valence-corrected chi connectivity index (χ4v) is 4.51. The minimum absolute atomic E-state index is 0.0138. The van der Waals surface area contributed by atoms with Gasteiger partial charge >= 0.3 is 0 Å². The maximum atomic E-state index is 12.5. The molecule has 0 heterocycles. The van der Waals surface area contributed by atoms with Crippen LogP contribution in [0.25, 0.3) is 0 Å². The molecule has 0 radical (unpaired) electrons. The summed E-state index contributed by atoms with van der Waals surface area (Å²) in [5, 5.41) is 9.30. The second-order valence-corrected chi connectivity index (χ2v) is 7.68. The van der Waals surface area contributed by atoms with Gasteiger partial charge in [0.2, 0.25) is 10.0 Å². The van der Waals surface area contributed by atoms with E-state index in [2.05, 4.69) is 20.7 Å². The second kappa shape index (κ2) is 6.62. The molecular weight excluding hydrogens is 368 g/mol. The van der Waals surface area contributed by atoms with E-state index in [-0.39, 0.29) is 26.7 Å². The van der Waals surface area contributed by atoms with Crippen LogP contribution in [0.15, 0.2) is 21.5 Å². The first-order valence-electron chi connectivity index (χ1n) is 6.04. The molecule has 0 fully saturated rings. The van der Waals surface area contributed by atoms with Gasteiger partial charge in [0.25, 0.3) is 0 Å². The number of hydrogen-bond donors (Lipinski definition) is 3. The van der Waals surface area contributed by atoms with Gasteiger partial charge in [-0.1, -0.05) is 18.5 Å². The van der Waals surface area contributed by atoms with E-state index in [1.807, 2.05) is 6.92 Å². The van der Waals surface area contributed by atoms with Gasteiger partial charge < -0.3 is 10.8 Å². The van der Waals surface area contributed by atoms with E-state index in [1.54, 1.807) is 6.92 Å². The number of hydrogen-bond acceptors (Lipinski definition) is 4. The van der Waals surface area contributed by atoms with Gasteiger partial charge in [0.15, 0.2) is 0 Å². The molecule has 0 bridgehead atoms. The number of nitrogens with two attached hydrogens (primary N) is 1. The summed E-state index contributed by atoms with van der Waals surface area (Å²) in [5.41, 5.74) is 5.23. The molecule has 1 aromatic carbocycles. The number of anilines is 1. The monoisotopic (exact) mass is 384 g/mol. The lowest BCUT2D eigenvalue weighted by Crippen LogP contribution is -2.46. The van der Waals surface area contributed by atoms with Gasteiger partial charge in [-0.2, -0.15) is 0 Å². The lowest BCUT2D eigenvalue weighted by Gasteiger charge is -2.28. The lowest BCUT2D eigenvalue weighted by atomic mass is 9.97. The molecule has 0 aliphatic carbocycles. The van der Waals surface area contributed by atoms with Crippen LogP contribution in [0.3, 0.4) is 0 Å². The first-order chi connectivity index (χ1) is 9.15. The third-order valence-electron chi connectivity index (χ3n) is 3.15. The fraction of sp³-hybridized carbons (Fsp3) is 0.500. The summed E-state index contributed by atoms with van der Waals surface area (Å²) in [6.45, 7) is 3.48. The van der Waals surface area contributed by atoms with Crippen LogP contribution in [0.4, 0.5) is 5.69 Å². The van der Waals surface area contributed by atoms with E-state index in [0.717, 1.165) is 0 Å². The zero-order chi connectivity index (χ0) is 15.6. The second-order valence-electron chi connectivity index (χ2n) is 4.80. The topological polar surface area (TPSA) is 92.4 Å². The minimum atomic E-state index is -3.80. The van der Waals surface area contributed by atoms with Crippen molar-refractivity contribution in [2.45, 2.75) is 37.1 Å². The number of aliphatic hydroxyl groups excluding tert-OH is 1. The molecule has 0 aliphatic rings. The number of rotatable bonds is 6. The third kappa shape index (κ3) is 4.08. The molecule has 0 aliphatic heterocycles. The lowest BCUT2D eigenvalue weighted by molar-refractivity contribution is 0.233. The van der Waals surface area contributed by atoms with Crippen molar-refractivity contribution < 1.29 is 13.5 Å². The number of aliphatic hydroxyl groups is 1. The van der Waals surface area contributed by atoms with Crippen LogP contribution in [0, 0.1) is 0 Å². The number of nitrogen functional groups attached to an aromatic ring is 1. The normalized spacial score (nSPS) is 15.1. The first kappa shape index (κ1) is 17.7. The average molecular weight is 386 g/mol. The van der Waals surface area contributed by atoms with Gasteiger partial charge in [-0.05, 0) is 47.8 Å². The molecule has 8 heteroatoms. The van der Waals surface area contributed by atoms with Gasteiger partial charge in [-0.15, -0.1) is 0 Å². The van der Waals surface area contributed by atoms with Crippen molar-refractivity contribution in [1.29, 1.82) is 0 Å². The summed E-state index contributed by atoms with van der Waals surface area (Å²) >= 11 is 9.03.